The second kappa shape index (κ2) is 6.77. The van der Waals surface area contributed by atoms with E-state index in [-0.39, 0.29) is 24.2 Å². The van der Waals surface area contributed by atoms with Crippen LogP contribution in [0.15, 0.2) is 18.2 Å². The molecule has 0 bridgehead atoms. The Morgan fingerprint density at radius 1 is 1.38 bits per heavy atom. The molecular formula is C15H23NO4S. The normalized spacial score (nSPS) is 22.1. The molecule has 0 radical (unpaired) electrons. The summed E-state index contributed by atoms with van der Waals surface area (Å²) >= 11 is 0. The average Bonchev–Trinajstić information content (AvgIpc) is 2.75. The number of aliphatic hydroxyl groups is 1. The maximum Gasteiger partial charge on any atom is 0.151 e. The largest absolute Gasteiger partial charge is 0.490 e. The van der Waals surface area contributed by atoms with Gasteiger partial charge in [0.05, 0.1) is 11.5 Å². The van der Waals surface area contributed by atoms with Gasteiger partial charge >= 0.3 is 0 Å². The van der Waals surface area contributed by atoms with Gasteiger partial charge < -0.3 is 15.2 Å². The van der Waals surface area contributed by atoms with Crippen LogP contribution < -0.4 is 10.1 Å². The minimum Gasteiger partial charge on any atom is -0.490 e. The smallest absolute Gasteiger partial charge is 0.151 e. The number of hydrogen-bond acceptors (Lipinski definition) is 5. The molecule has 0 amide bonds. The van der Waals surface area contributed by atoms with Gasteiger partial charge in [0.2, 0.25) is 0 Å². The summed E-state index contributed by atoms with van der Waals surface area (Å²) in [4.78, 5) is 0. The van der Waals surface area contributed by atoms with Crippen molar-refractivity contribution in [3.05, 3.63) is 29.3 Å². The number of aliphatic hydroxyl groups excluding tert-OH is 1. The minimum atomic E-state index is -2.89. The molecule has 0 aromatic heterocycles. The van der Waals surface area contributed by atoms with Gasteiger partial charge in [-0.25, -0.2) is 8.42 Å². The maximum atomic E-state index is 11.3. The second-order valence-corrected chi connectivity index (χ2v) is 7.92. The van der Waals surface area contributed by atoms with Crippen molar-refractivity contribution in [2.75, 3.05) is 24.7 Å². The number of nitrogens with one attached hydrogen (secondary N) is 1. The molecule has 1 aromatic carbocycles. The number of para-hydroxylation sites is 1. The Labute approximate surface area is 126 Å². The van der Waals surface area contributed by atoms with E-state index in [1.165, 1.54) is 0 Å². The molecule has 21 heavy (non-hydrogen) atoms. The molecule has 1 saturated heterocycles. The molecule has 2 rings (SSSR count). The first-order valence-corrected chi connectivity index (χ1v) is 9.00. The monoisotopic (exact) mass is 313 g/mol. The lowest BCUT2D eigenvalue weighted by Gasteiger charge is -2.18. The van der Waals surface area contributed by atoms with E-state index in [4.69, 9.17) is 4.74 Å². The predicted octanol–water partition coefficient (Wildman–Crippen LogP) is 0.820. The molecule has 1 aliphatic heterocycles. The molecule has 0 aliphatic carbocycles. The van der Waals surface area contributed by atoms with E-state index in [0.717, 1.165) is 16.9 Å². The maximum absolute atomic E-state index is 11.3. The Balaban J connectivity index is 1.76. The number of hydrogen-bond donors (Lipinski definition) is 2. The van der Waals surface area contributed by atoms with Gasteiger partial charge in [0.15, 0.2) is 9.84 Å². The Morgan fingerprint density at radius 2 is 2.05 bits per heavy atom. The fraction of sp³-hybridized carbons (Fsp3) is 0.600. The van der Waals surface area contributed by atoms with Crippen molar-refractivity contribution in [1.29, 1.82) is 0 Å². The van der Waals surface area contributed by atoms with Crippen LogP contribution in [0.1, 0.15) is 17.5 Å². The van der Waals surface area contributed by atoms with E-state index in [0.29, 0.717) is 13.0 Å². The van der Waals surface area contributed by atoms with E-state index in [1.54, 1.807) is 0 Å². The Bertz CT molecular complexity index is 565. The lowest BCUT2D eigenvalue weighted by Crippen LogP contribution is -2.38. The van der Waals surface area contributed by atoms with Crippen LogP contribution in [0.2, 0.25) is 0 Å². The number of sulfone groups is 1. The van der Waals surface area contributed by atoms with Gasteiger partial charge in [0, 0.05) is 12.6 Å². The van der Waals surface area contributed by atoms with Gasteiger partial charge in [-0.05, 0) is 31.4 Å². The van der Waals surface area contributed by atoms with E-state index in [1.807, 2.05) is 32.0 Å². The molecule has 2 atom stereocenters. The van der Waals surface area contributed by atoms with Crippen LogP contribution in [0.25, 0.3) is 0 Å². The highest BCUT2D eigenvalue weighted by atomic mass is 32.2. The van der Waals surface area contributed by atoms with Crippen molar-refractivity contribution in [2.24, 2.45) is 0 Å². The summed E-state index contributed by atoms with van der Waals surface area (Å²) in [6.45, 7) is 4.47. The lowest BCUT2D eigenvalue weighted by atomic mass is 10.1. The van der Waals surface area contributed by atoms with Crippen molar-refractivity contribution < 1.29 is 18.3 Å². The molecule has 0 saturated carbocycles. The summed E-state index contributed by atoms with van der Waals surface area (Å²) in [6.07, 6.45) is -0.0420. The van der Waals surface area contributed by atoms with E-state index in [2.05, 4.69) is 5.32 Å². The van der Waals surface area contributed by atoms with Gasteiger partial charge in [-0.2, -0.15) is 0 Å². The van der Waals surface area contributed by atoms with Gasteiger partial charge in [0.25, 0.3) is 0 Å². The summed E-state index contributed by atoms with van der Waals surface area (Å²) in [5.74, 6) is 1.21. The molecule has 1 aromatic rings. The van der Waals surface area contributed by atoms with Crippen molar-refractivity contribution in [3.63, 3.8) is 0 Å². The fourth-order valence-electron chi connectivity index (χ4n) is 2.52. The summed E-state index contributed by atoms with van der Waals surface area (Å²) in [7, 11) is -2.89. The lowest BCUT2D eigenvalue weighted by molar-refractivity contribution is 0.103. The number of aryl methyl sites for hydroxylation is 2. The SMILES string of the molecule is Cc1cccc(C)c1OC[C@@H](O)CN[C@H]1CCS(=O)(=O)C1. The van der Waals surface area contributed by atoms with E-state index >= 15 is 0 Å². The Hall–Kier alpha value is -1.11. The average molecular weight is 313 g/mol. The van der Waals surface area contributed by atoms with Crippen LogP contribution in [-0.4, -0.2) is 50.3 Å². The molecule has 5 nitrogen and oxygen atoms in total. The first-order chi connectivity index (χ1) is 9.87. The van der Waals surface area contributed by atoms with Crippen molar-refractivity contribution in [1.82, 2.24) is 5.32 Å². The van der Waals surface area contributed by atoms with E-state index < -0.39 is 15.9 Å². The summed E-state index contributed by atoms with van der Waals surface area (Å²) in [6, 6.07) is 5.85. The van der Waals surface area contributed by atoms with Crippen molar-refractivity contribution >= 4 is 9.84 Å². The highest BCUT2D eigenvalue weighted by molar-refractivity contribution is 7.91. The zero-order valence-corrected chi connectivity index (χ0v) is 13.3. The number of benzene rings is 1. The van der Waals surface area contributed by atoms with Gasteiger partial charge in [0.1, 0.15) is 18.5 Å². The topological polar surface area (TPSA) is 75.6 Å². The molecular weight excluding hydrogens is 290 g/mol. The number of ether oxygens (including phenoxy) is 1. The molecule has 0 spiro atoms. The molecule has 6 heteroatoms. The summed E-state index contributed by atoms with van der Waals surface area (Å²) < 4.78 is 28.4. The first kappa shape index (κ1) is 16.3. The third-order valence-electron chi connectivity index (χ3n) is 3.70. The van der Waals surface area contributed by atoms with Crippen molar-refractivity contribution in [2.45, 2.75) is 32.4 Å². The third kappa shape index (κ3) is 4.69. The third-order valence-corrected chi connectivity index (χ3v) is 5.47. The number of rotatable bonds is 6. The summed E-state index contributed by atoms with van der Waals surface area (Å²) in [5.41, 5.74) is 2.08. The Morgan fingerprint density at radius 3 is 2.62 bits per heavy atom. The van der Waals surface area contributed by atoms with Crippen LogP contribution in [0.3, 0.4) is 0 Å². The molecule has 118 valence electrons. The zero-order valence-electron chi connectivity index (χ0n) is 12.5. The van der Waals surface area contributed by atoms with Crippen LogP contribution in [-0.2, 0) is 9.84 Å². The molecule has 0 unspecified atom stereocenters. The highest BCUT2D eigenvalue weighted by Crippen LogP contribution is 2.22. The Kier molecular flexibility index (Phi) is 5.24. The quantitative estimate of drug-likeness (QED) is 0.813. The molecule has 1 aliphatic rings. The highest BCUT2D eigenvalue weighted by Gasteiger charge is 2.27. The van der Waals surface area contributed by atoms with Crippen LogP contribution in [0.4, 0.5) is 0 Å². The van der Waals surface area contributed by atoms with Crippen molar-refractivity contribution in [3.8, 4) is 5.75 Å². The van der Waals surface area contributed by atoms with E-state index in [9.17, 15) is 13.5 Å². The van der Waals surface area contributed by atoms with Crippen LogP contribution in [0, 0.1) is 13.8 Å². The van der Waals surface area contributed by atoms with Gasteiger partial charge in [-0.15, -0.1) is 0 Å². The molecule has 1 fully saturated rings. The molecule has 1 heterocycles. The first-order valence-electron chi connectivity index (χ1n) is 7.18. The standard InChI is InChI=1S/C15H23NO4S/c1-11-4-3-5-12(2)15(11)20-9-14(17)8-16-13-6-7-21(18,19)10-13/h3-5,13-14,16-17H,6-10H2,1-2H3/t13-,14-/m0/s1. The van der Waals surface area contributed by atoms with Gasteiger partial charge in [-0.1, -0.05) is 18.2 Å². The zero-order chi connectivity index (χ0) is 15.5. The minimum absolute atomic E-state index is 0.0511. The van der Waals surface area contributed by atoms with Gasteiger partial charge in [-0.3, -0.25) is 0 Å². The molecule has 2 N–H and O–H groups in total. The fourth-order valence-corrected chi connectivity index (χ4v) is 4.23. The van der Waals surface area contributed by atoms with Crippen LogP contribution >= 0.6 is 0 Å². The second-order valence-electron chi connectivity index (χ2n) is 5.69. The summed E-state index contributed by atoms with van der Waals surface area (Å²) in [5, 5.41) is 13.0. The van der Waals surface area contributed by atoms with Crippen LogP contribution in [0.5, 0.6) is 5.75 Å². The predicted molar refractivity (Wildman–Crippen MR) is 82.5 cm³/mol.